The first kappa shape index (κ1) is 17.2. The second-order valence-corrected chi connectivity index (χ2v) is 4.54. The molecule has 0 aromatic heterocycles. The van der Waals surface area contributed by atoms with E-state index in [4.69, 9.17) is 0 Å². The van der Waals surface area contributed by atoms with Gasteiger partial charge in [-0.3, -0.25) is 4.99 Å². The van der Waals surface area contributed by atoms with Crippen molar-refractivity contribution < 1.29 is 0 Å². The fraction of sp³-hybridized carbons (Fsp3) is 0.500. The molecule has 0 aliphatic carbocycles. The van der Waals surface area contributed by atoms with Crippen LogP contribution in [0.15, 0.2) is 29.3 Å². The van der Waals surface area contributed by atoms with Gasteiger partial charge in [-0.1, -0.05) is 29.8 Å². The standard InChI is InChI=1S/C14H23N3.HI/c1-11(2)17-14(15-4)16-9-8-13-7-5-6-12(3)10-13;/h5-7,10-11H,8-9H2,1-4H3,(H2,15,16,17);1H. The van der Waals surface area contributed by atoms with Gasteiger partial charge in [-0.25, -0.2) is 0 Å². The average Bonchev–Trinajstić information content (AvgIpc) is 2.27. The van der Waals surface area contributed by atoms with Crippen LogP contribution in [-0.4, -0.2) is 25.6 Å². The summed E-state index contributed by atoms with van der Waals surface area (Å²) in [5, 5.41) is 6.57. The lowest BCUT2D eigenvalue weighted by Gasteiger charge is -2.14. The Balaban J connectivity index is 0.00000289. The summed E-state index contributed by atoms with van der Waals surface area (Å²) in [6.07, 6.45) is 1.01. The predicted molar refractivity (Wildman–Crippen MR) is 89.9 cm³/mol. The molecule has 1 aromatic carbocycles. The third-order valence-electron chi connectivity index (χ3n) is 2.44. The Hall–Kier alpha value is -0.780. The average molecular weight is 361 g/mol. The van der Waals surface area contributed by atoms with E-state index in [-0.39, 0.29) is 24.0 Å². The van der Waals surface area contributed by atoms with Crippen molar-refractivity contribution in [3.05, 3.63) is 35.4 Å². The van der Waals surface area contributed by atoms with Gasteiger partial charge in [-0.15, -0.1) is 24.0 Å². The zero-order chi connectivity index (χ0) is 12.7. The zero-order valence-electron chi connectivity index (χ0n) is 11.7. The SMILES string of the molecule is CN=C(NCCc1cccc(C)c1)NC(C)C.I. The molecule has 0 saturated carbocycles. The van der Waals surface area contributed by atoms with Gasteiger partial charge in [0.15, 0.2) is 5.96 Å². The highest BCUT2D eigenvalue weighted by atomic mass is 127. The molecule has 0 amide bonds. The molecule has 1 rings (SSSR count). The minimum absolute atomic E-state index is 0. The number of benzene rings is 1. The molecule has 0 spiro atoms. The lowest BCUT2D eigenvalue weighted by Crippen LogP contribution is -2.41. The molecule has 0 radical (unpaired) electrons. The summed E-state index contributed by atoms with van der Waals surface area (Å²) < 4.78 is 0. The van der Waals surface area contributed by atoms with E-state index in [1.54, 1.807) is 7.05 Å². The number of nitrogens with zero attached hydrogens (tertiary/aromatic N) is 1. The summed E-state index contributed by atoms with van der Waals surface area (Å²) >= 11 is 0. The van der Waals surface area contributed by atoms with Gasteiger partial charge in [-0.2, -0.15) is 0 Å². The van der Waals surface area contributed by atoms with E-state index in [1.807, 2.05) is 0 Å². The number of halogens is 1. The normalized spacial score (nSPS) is 11.1. The lowest BCUT2D eigenvalue weighted by molar-refractivity contribution is 0.698. The summed E-state index contributed by atoms with van der Waals surface area (Å²) in [7, 11) is 1.80. The van der Waals surface area contributed by atoms with Gasteiger partial charge in [0.2, 0.25) is 0 Å². The Morgan fingerprint density at radius 3 is 2.61 bits per heavy atom. The van der Waals surface area contributed by atoms with Crippen LogP contribution in [0.4, 0.5) is 0 Å². The molecule has 0 fully saturated rings. The maximum atomic E-state index is 4.17. The van der Waals surface area contributed by atoms with E-state index in [2.05, 4.69) is 60.7 Å². The molecule has 0 atom stereocenters. The Labute approximate surface area is 127 Å². The Morgan fingerprint density at radius 1 is 1.33 bits per heavy atom. The fourth-order valence-corrected chi connectivity index (χ4v) is 1.66. The second-order valence-electron chi connectivity index (χ2n) is 4.54. The maximum Gasteiger partial charge on any atom is 0.191 e. The number of guanidine groups is 1. The summed E-state index contributed by atoms with van der Waals surface area (Å²) in [5.41, 5.74) is 2.67. The van der Waals surface area contributed by atoms with Gasteiger partial charge in [-0.05, 0) is 32.8 Å². The van der Waals surface area contributed by atoms with Crippen molar-refractivity contribution in [3.63, 3.8) is 0 Å². The first-order valence-corrected chi connectivity index (χ1v) is 6.14. The van der Waals surface area contributed by atoms with Gasteiger partial charge in [0.05, 0.1) is 0 Å². The molecule has 0 aliphatic rings. The van der Waals surface area contributed by atoms with Crippen molar-refractivity contribution in [3.8, 4) is 0 Å². The number of hydrogen-bond donors (Lipinski definition) is 2. The first-order chi connectivity index (χ1) is 8.11. The molecule has 4 heteroatoms. The molecule has 2 N–H and O–H groups in total. The van der Waals surface area contributed by atoms with Crippen molar-refractivity contribution in [1.29, 1.82) is 0 Å². The molecule has 0 aliphatic heterocycles. The van der Waals surface area contributed by atoms with Gasteiger partial charge in [0, 0.05) is 19.6 Å². The molecule has 0 bridgehead atoms. The van der Waals surface area contributed by atoms with Crippen LogP contribution in [0.25, 0.3) is 0 Å². The Morgan fingerprint density at radius 2 is 2.06 bits per heavy atom. The molecule has 0 unspecified atom stereocenters. The molecule has 102 valence electrons. The van der Waals surface area contributed by atoms with Crippen molar-refractivity contribution in [1.82, 2.24) is 10.6 Å². The van der Waals surface area contributed by atoms with Crippen molar-refractivity contribution in [2.24, 2.45) is 4.99 Å². The van der Waals surface area contributed by atoms with Crippen LogP contribution in [0.5, 0.6) is 0 Å². The topological polar surface area (TPSA) is 36.4 Å². The third kappa shape index (κ3) is 6.83. The van der Waals surface area contributed by atoms with Gasteiger partial charge in [0.1, 0.15) is 0 Å². The van der Waals surface area contributed by atoms with Crippen LogP contribution in [0.1, 0.15) is 25.0 Å². The molecular weight excluding hydrogens is 337 g/mol. The molecule has 0 heterocycles. The van der Waals surface area contributed by atoms with E-state index < -0.39 is 0 Å². The molecule has 0 saturated heterocycles. The van der Waals surface area contributed by atoms with Crippen LogP contribution >= 0.6 is 24.0 Å². The highest BCUT2D eigenvalue weighted by molar-refractivity contribution is 14.0. The van der Waals surface area contributed by atoms with E-state index in [0.717, 1.165) is 18.9 Å². The first-order valence-electron chi connectivity index (χ1n) is 6.14. The highest BCUT2D eigenvalue weighted by Gasteiger charge is 1.99. The van der Waals surface area contributed by atoms with E-state index >= 15 is 0 Å². The number of aliphatic imine (C=N–C) groups is 1. The minimum Gasteiger partial charge on any atom is -0.356 e. The van der Waals surface area contributed by atoms with Crippen LogP contribution in [-0.2, 0) is 6.42 Å². The summed E-state index contributed by atoms with van der Waals surface area (Å²) in [6.45, 7) is 7.23. The van der Waals surface area contributed by atoms with Crippen LogP contribution in [0.3, 0.4) is 0 Å². The zero-order valence-corrected chi connectivity index (χ0v) is 14.0. The van der Waals surface area contributed by atoms with E-state index in [1.165, 1.54) is 11.1 Å². The quantitative estimate of drug-likeness (QED) is 0.492. The van der Waals surface area contributed by atoms with E-state index in [0.29, 0.717) is 6.04 Å². The van der Waals surface area contributed by atoms with Crippen molar-refractivity contribution in [2.45, 2.75) is 33.2 Å². The van der Waals surface area contributed by atoms with Crippen molar-refractivity contribution >= 4 is 29.9 Å². The van der Waals surface area contributed by atoms with E-state index in [9.17, 15) is 0 Å². The van der Waals surface area contributed by atoms with Crippen LogP contribution in [0, 0.1) is 6.92 Å². The number of rotatable bonds is 4. The second kappa shape index (κ2) is 9.19. The molecular formula is C14H24IN3. The number of hydrogen-bond acceptors (Lipinski definition) is 1. The van der Waals surface area contributed by atoms with Crippen LogP contribution in [0.2, 0.25) is 0 Å². The summed E-state index contributed by atoms with van der Waals surface area (Å²) in [4.78, 5) is 4.17. The van der Waals surface area contributed by atoms with Gasteiger partial charge in [0.25, 0.3) is 0 Å². The molecule has 18 heavy (non-hydrogen) atoms. The fourth-order valence-electron chi connectivity index (χ4n) is 1.66. The minimum atomic E-state index is 0. The lowest BCUT2D eigenvalue weighted by atomic mass is 10.1. The predicted octanol–water partition coefficient (Wildman–Crippen LogP) is 2.73. The Bertz CT molecular complexity index is 375. The Kier molecular flexibility index (Phi) is 8.79. The van der Waals surface area contributed by atoms with Crippen LogP contribution < -0.4 is 10.6 Å². The highest BCUT2D eigenvalue weighted by Crippen LogP contribution is 2.03. The van der Waals surface area contributed by atoms with Gasteiger partial charge < -0.3 is 10.6 Å². The molecule has 1 aromatic rings. The smallest absolute Gasteiger partial charge is 0.191 e. The summed E-state index contributed by atoms with van der Waals surface area (Å²) in [6, 6.07) is 9.01. The largest absolute Gasteiger partial charge is 0.356 e. The number of aryl methyl sites for hydroxylation is 1. The third-order valence-corrected chi connectivity index (χ3v) is 2.44. The monoisotopic (exact) mass is 361 g/mol. The maximum absolute atomic E-state index is 4.17. The molecule has 3 nitrogen and oxygen atoms in total. The van der Waals surface area contributed by atoms with Crippen molar-refractivity contribution in [2.75, 3.05) is 13.6 Å². The van der Waals surface area contributed by atoms with Gasteiger partial charge >= 0.3 is 0 Å². The summed E-state index contributed by atoms with van der Waals surface area (Å²) in [5.74, 6) is 0.868. The number of nitrogens with one attached hydrogen (secondary N) is 2.